The zero-order valence-corrected chi connectivity index (χ0v) is 14.8. The lowest BCUT2D eigenvalue weighted by atomic mass is 9.83. The molecule has 3 rings (SSSR count). The minimum absolute atomic E-state index is 0.0832. The third-order valence-electron chi connectivity index (χ3n) is 5.56. The first-order valence-corrected chi connectivity index (χ1v) is 9.20. The number of hydrogen-bond donors (Lipinski definition) is 0. The van der Waals surface area contributed by atoms with Gasteiger partial charge in [-0.1, -0.05) is 0 Å². The first-order valence-electron chi connectivity index (χ1n) is 9.20. The van der Waals surface area contributed by atoms with Crippen LogP contribution in [0.2, 0.25) is 0 Å². The molecule has 0 bridgehead atoms. The highest BCUT2D eigenvalue weighted by Crippen LogP contribution is 2.31. The summed E-state index contributed by atoms with van der Waals surface area (Å²) in [6.45, 7) is 6.84. The number of rotatable bonds is 3. The number of likely N-dealkylation sites (tertiary alicyclic amines) is 2. The summed E-state index contributed by atoms with van der Waals surface area (Å²) in [7, 11) is 0. The normalized spacial score (nSPS) is 22.7. The van der Waals surface area contributed by atoms with Crippen molar-refractivity contribution in [1.29, 1.82) is 0 Å². The van der Waals surface area contributed by atoms with Crippen LogP contribution in [0.4, 0.5) is 0 Å². The molecule has 24 heavy (non-hydrogen) atoms. The van der Waals surface area contributed by atoms with E-state index in [0.29, 0.717) is 24.2 Å². The van der Waals surface area contributed by atoms with E-state index in [9.17, 15) is 9.59 Å². The van der Waals surface area contributed by atoms with E-state index in [1.54, 1.807) is 23.9 Å². The molecule has 2 saturated heterocycles. The zero-order chi connectivity index (χ0) is 17.1. The van der Waals surface area contributed by atoms with Gasteiger partial charge in [-0.3, -0.25) is 14.3 Å². The smallest absolute Gasteiger partial charge is 0.272 e. The molecule has 2 aliphatic rings. The van der Waals surface area contributed by atoms with Gasteiger partial charge in [-0.15, -0.1) is 0 Å². The zero-order valence-electron chi connectivity index (χ0n) is 14.8. The Hall–Kier alpha value is -1.85. The lowest BCUT2D eigenvalue weighted by Gasteiger charge is -2.43. The number of hydrogen-bond acceptors (Lipinski definition) is 3. The van der Waals surface area contributed by atoms with Gasteiger partial charge in [0.2, 0.25) is 5.91 Å². The Labute approximate surface area is 143 Å². The molecular formula is C18H28N4O2. The Morgan fingerprint density at radius 2 is 1.92 bits per heavy atom. The number of carbonyl (C=O) groups excluding carboxylic acids is 2. The molecule has 1 unspecified atom stereocenters. The summed E-state index contributed by atoms with van der Waals surface area (Å²) in [5, 5.41) is 4.19. The predicted octanol–water partition coefficient (Wildman–Crippen LogP) is 2.16. The van der Waals surface area contributed by atoms with Crippen LogP contribution in [0.5, 0.6) is 0 Å². The highest BCUT2D eigenvalue weighted by atomic mass is 16.2. The van der Waals surface area contributed by atoms with Gasteiger partial charge in [-0.2, -0.15) is 5.10 Å². The molecule has 0 radical (unpaired) electrons. The lowest BCUT2D eigenvalue weighted by molar-refractivity contribution is -0.134. The molecule has 6 heteroatoms. The van der Waals surface area contributed by atoms with E-state index < -0.39 is 0 Å². The molecule has 1 aromatic rings. The predicted molar refractivity (Wildman–Crippen MR) is 91.6 cm³/mol. The second-order valence-electron chi connectivity index (χ2n) is 6.94. The minimum atomic E-state index is 0.0832. The first-order chi connectivity index (χ1) is 11.6. The molecule has 1 aromatic heterocycles. The summed E-state index contributed by atoms with van der Waals surface area (Å²) in [4.78, 5) is 28.6. The molecule has 132 valence electrons. The highest BCUT2D eigenvalue weighted by Gasteiger charge is 2.34. The Kier molecular flexibility index (Phi) is 5.21. The molecule has 0 aromatic carbocycles. The third-order valence-corrected chi connectivity index (χ3v) is 5.56. The van der Waals surface area contributed by atoms with Crippen LogP contribution < -0.4 is 0 Å². The van der Waals surface area contributed by atoms with Crippen molar-refractivity contribution in [1.82, 2.24) is 19.6 Å². The van der Waals surface area contributed by atoms with Crippen molar-refractivity contribution >= 4 is 11.8 Å². The molecule has 3 heterocycles. The van der Waals surface area contributed by atoms with Crippen LogP contribution in [0.1, 0.15) is 56.4 Å². The highest BCUT2D eigenvalue weighted by molar-refractivity contribution is 5.92. The van der Waals surface area contributed by atoms with Gasteiger partial charge in [-0.25, -0.2) is 0 Å². The molecule has 6 nitrogen and oxygen atoms in total. The summed E-state index contributed by atoms with van der Waals surface area (Å²) in [6, 6.07) is 2.17. The molecule has 0 N–H and O–H groups in total. The number of piperidine rings is 2. The maximum atomic E-state index is 12.7. The van der Waals surface area contributed by atoms with Gasteiger partial charge >= 0.3 is 0 Å². The van der Waals surface area contributed by atoms with Crippen LogP contribution in [-0.2, 0) is 11.3 Å². The van der Waals surface area contributed by atoms with Crippen LogP contribution in [0.15, 0.2) is 12.3 Å². The van der Waals surface area contributed by atoms with Gasteiger partial charge in [0.05, 0.1) is 0 Å². The van der Waals surface area contributed by atoms with E-state index in [2.05, 4.69) is 10.00 Å². The average molecular weight is 332 g/mol. The van der Waals surface area contributed by atoms with E-state index in [0.717, 1.165) is 45.3 Å². The summed E-state index contributed by atoms with van der Waals surface area (Å²) < 4.78 is 1.76. The third kappa shape index (κ3) is 3.32. The van der Waals surface area contributed by atoms with Crippen molar-refractivity contribution in [2.45, 2.75) is 58.5 Å². The van der Waals surface area contributed by atoms with Crippen LogP contribution in [0.3, 0.4) is 0 Å². The molecule has 0 saturated carbocycles. The fraction of sp³-hybridized carbons (Fsp3) is 0.722. The molecule has 0 spiro atoms. The monoisotopic (exact) mass is 332 g/mol. The Bertz CT molecular complexity index is 590. The minimum Gasteiger partial charge on any atom is -0.340 e. The van der Waals surface area contributed by atoms with Crippen LogP contribution >= 0.6 is 0 Å². The number of aryl methyl sites for hydroxylation is 1. The van der Waals surface area contributed by atoms with E-state index in [-0.39, 0.29) is 11.8 Å². The fourth-order valence-corrected chi connectivity index (χ4v) is 4.25. The topological polar surface area (TPSA) is 58.4 Å². The molecule has 2 aliphatic heterocycles. The van der Waals surface area contributed by atoms with Crippen LogP contribution in [0.25, 0.3) is 0 Å². The average Bonchev–Trinajstić information content (AvgIpc) is 3.10. The summed E-state index contributed by atoms with van der Waals surface area (Å²) >= 11 is 0. The van der Waals surface area contributed by atoms with Crippen molar-refractivity contribution in [3.63, 3.8) is 0 Å². The van der Waals surface area contributed by atoms with E-state index in [1.807, 2.05) is 11.8 Å². The van der Waals surface area contributed by atoms with Crippen molar-refractivity contribution in [3.05, 3.63) is 18.0 Å². The van der Waals surface area contributed by atoms with Crippen molar-refractivity contribution in [2.75, 3.05) is 19.6 Å². The van der Waals surface area contributed by atoms with E-state index in [4.69, 9.17) is 0 Å². The number of nitrogens with zero attached hydrogens (tertiary/aromatic N) is 4. The van der Waals surface area contributed by atoms with Gasteiger partial charge in [0.1, 0.15) is 5.69 Å². The molecule has 2 amide bonds. The summed E-state index contributed by atoms with van der Waals surface area (Å²) in [5.74, 6) is 0.805. The molecule has 1 atom stereocenters. The SMILES string of the molecule is CCn1nccc1C(=O)N1CCC(C2CCCCN2C(C)=O)CC1. The summed E-state index contributed by atoms with van der Waals surface area (Å²) in [5.41, 5.74) is 0.680. The lowest BCUT2D eigenvalue weighted by Crippen LogP contribution is -2.50. The number of aromatic nitrogens is 2. The maximum Gasteiger partial charge on any atom is 0.272 e. The van der Waals surface area contributed by atoms with Crippen LogP contribution in [-0.4, -0.2) is 57.1 Å². The standard InChI is InChI=1S/C18H28N4O2/c1-3-22-17(7-10-19-22)18(24)20-12-8-15(9-13-20)16-6-4-5-11-21(16)14(2)23/h7,10,15-16H,3-6,8-9,11-13H2,1-2H3. The van der Waals surface area contributed by atoms with Gasteiger partial charge in [-0.05, 0) is 51.0 Å². The Morgan fingerprint density at radius 3 is 2.58 bits per heavy atom. The van der Waals surface area contributed by atoms with Crippen LogP contribution in [0, 0.1) is 5.92 Å². The Balaban J connectivity index is 1.61. The largest absolute Gasteiger partial charge is 0.340 e. The van der Waals surface area contributed by atoms with Gasteiger partial charge in [0.15, 0.2) is 0 Å². The van der Waals surface area contributed by atoms with Crippen molar-refractivity contribution in [2.24, 2.45) is 5.92 Å². The van der Waals surface area contributed by atoms with Crippen molar-refractivity contribution < 1.29 is 9.59 Å². The molecular weight excluding hydrogens is 304 g/mol. The molecule has 2 fully saturated rings. The Morgan fingerprint density at radius 1 is 1.17 bits per heavy atom. The second-order valence-corrected chi connectivity index (χ2v) is 6.94. The number of amides is 2. The van der Waals surface area contributed by atoms with Crippen molar-refractivity contribution in [3.8, 4) is 0 Å². The first kappa shape index (κ1) is 17.0. The maximum absolute atomic E-state index is 12.7. The summed E-state index contributed by atoms with van der Waals surface area (Å²) in [6.07, 6.45) is 7.11. The van der Waals surface area contributed by atoms with Gasteiger partial charge < -0.3 is 9.80 Å². The van der Waals surface area contributed by atoms with E-state index in [1.165, 1.54) is 6.42 Å². The molecule has 0 aliphatic carbocycles. The van der Waals surface area contributed by atoms with Gasteiger partial charge in [0.25, 0.3) is 5.91 Å². The fourth-order valence-electron chi connectivity index (χ4n) is 4.25. The van der Waals surface area contributed by atoms with E-state index >= 15 is 0 Å². The quantitative estimate of drug-likeness (QED) is 0.852. The number of carbonyl (C=O) groups is 2. The second kappa shape index (κ2) is 7.36. The van der Waals surface area contributed by atoms with Gasteiger partial charge in [0, 0.05) is 45.3 Å².